The van der Waals surface area contributed by atoms with Crippen LogP contribution in [0.25, 0.3) is 0 Å². The molecule has 0 N–H and O–H groups in total. The van der Waals surface area contributed by atoms with Crippen LogP contribution in [0.2, 0.25) is 0 Å². The number of hydrogen-bond donors (Lipinski definition) is 0. The van der Waals surface area contributed by atoms with Crippen molar-refractivity contribution < 1.29 is 16.5 Å². The summed E-state index contributed by atoms with van der Waals surface area (Å²) in [6.07, 6.45) is 43.3. The summed E-state index contributed by atoms with van der Waals surface area (Å²) in [5.74, 6) is 0. The number of allylic oxidation sites excluding steroid dienone is 2. The maximum absolute atomic E-state index is 4.79. The van der Waals surface area contributed by atoms with Gasteiger partial charge in [0.2, 0.25) is 0 Å². The van der Waals surface area contributed by atoms with Crippen molar-refractivity contribution in [2.24, 2.45) is 9.98 Å². The molecule has 2 nitrogen and oxygen atoms in total. The van der Waals surface area contributed by atoms with Gasteiger partial charge in [-0.15, -0.1) is 0 Å². The molecule has 2 rings (SSSR count). The first-order valence-electron chi connectivity index (χ1n) is 19.3. The van der Waals surface area contributed by atoms with Crippen molar-refractivity contribution in [1.29, 1.82) is 0 Å². The molecule has 0 saturated carbocycles. The SMILES string of the molecule is CCCCCCCCCCCCCCCCCCCCCCCCCCCC=CC(C=Nc1ccccc1)=Nc1ccccc1.[Ni]. The summed E-state index contributed by atoms with van der Waals surface area (Å²) >= 11 is 0. The second-order valence-electron chi connectivity index (χ2n) is 13.1. The van der Waals surface area contributed by atoms with Gasteiger partial charge in [-0.05, 0) is 43.2 Å². The summed E-state index contributed by atoms with van der Waals surface area (Å²) in [7, 11) is 0. The van der Waals surface area contributed by atoms with E-state index in [4.69, 9.17) is 4.99 Å². The van der Waals surface area contributed by atoms with Gasteiger partial charge in [-0.2, -0.15) is 0 Å². The molecular weight excluding hydrogens is 603 g/mol. The van der Waals surface area contributed by atoms with Crippen LogP contribution in [-0.2, 0) is 16.5 Å². The van der Waals surface area contributed by atoms with Crippen molar-refractivity contribution in [3.8, 4) is 0 Å². The molecule has 0 fully saturated rings. The first kappa shape index (κ1) is 42.0. The third kappa shape index (κ3) is 26.1. The molecule has 0 aliphatic heterocycles. The molecule has 46 heavy (non-hydrogen) atoms. The van der Waals surface area contributed by atoms with Gasteiger partial charge in [0.05, 0.1) is 23.3 Å². The van der Waals surface area contributed by atoms with Crippen molar-refractivity contribution in [3.63, 3.8) is 0 Å². The van der Waals surface area contributed by atoms with E-state index in [9.17, 15) is 0 Å². The van der Waals surface area contributed by atoms with Crippen LogP contribution >= 0.6 is 0 Å². The summed E-state index contributed by atoms with van der Waals surface area (Å²) < 4.78 is 0. The van der Waals surface area contributed by atoms with Crippen LogP contribution in [0, 0.1) is 0 Å². The van der Waals surface area contributed by atoms with Crippen molar-refractivity contribution >= 4 is 23.3 Å². The third-order valence-corrected chi connectivity index (χ3v) is 8.88. The fourth-order valence-corrected chi connectivity index (χ4v) is 6.02. The minimum Gasteiger partial charge on any atom is -0.255 e. The second kappa shape index (κ2) is 32.9. The fraction of sp³-hybridized carbons (Fsp3) is 0.628. The van der Waals surface area contributed by atoms with Gasteiger partial charge in [-0.1, -0.05) is 203 Å². The summed E-state index contributed by atoms with van der Waals surface area (Å²) in [5, 5.41) is 0. The van der Waals surface area contributed by atoms with E-state index in [1.807, 2.05) is 66.9 Å². The second-order valence-corrected chi connectivity index (χ2v) is 13.1. The van der Waals surface area contributed by atoms with Gasteiger partial charge in [-0.25, -0.2) is 4.99 Å². The zero-order valence-electron chi connectivity index (χ0n) is 29.6. The van der Waals surface area contributed by atoms with E-state index in [0.717, 1.165) is 23.5 Å². The molecule has 0 bridgehead atoms. The summed E-state index contributed by atoms with van der Waals surface area (Å²) in [6, 6.07) is 20.2. The molecule has 0 spiro atoms. The molecule has 260 valence electrons. The average Bonchev–Trinajstić information content (AvgIpc) is 3.07. The minimum absolute atomic E-state index is 0. The number of hydrogen-bond acceptors (Lipinski definition) is 2. The summed E-state index contributed by atoms with van der Waals surface area (Å²) in [4.78, 5) is 9.40. The monoisotopic (exact) mass is 670 g/mol. The molecule has 0 aliphatic carbocycles. The smallest absolute Gasteiger partial charge is 0.0816 e. The molecule has 0 radical (unpaired) electrons. The summed E-state index contributed by atoms with van der Waals surface area (Å²) in [5.41, 5.74) is 2.80. The molecular formula is C43H68N2Ni. The van der Waals surface area contributed by atoms with E-state index < -0.39 is 0 Å². The largest absolute Gasteiger partial charge is 0.255 e. The Hall–Kier alpha value is -1.99. The molecule has 0 unspecified atom stereocenters. The predicted molar refractivity (Wildman–Crippen MR) is 203 cm³/mol. The molecule has 0 aliphatic rings. The van der Waals surface area contributed by atoms with Crippen LogP contribution in [-0.4, -0.2) is 11.9 Å². The van der Waals surface area contributed by atoms with Gasteiger partial charge >= 0.3 is 0 Å². The van der Waals surface area contributed by atoms with Gasteiger partial charge in [0, 0.05) is 16.5 Å². The Bertz CT molecular complexity index is 982. The van der Waals surface area contributed by atoms with Crippen LogP contribution < -0.4 is 0 Å². The first-order chi connectivity index (χ1) is 22.4. The zero-order valence-corrected chi connectivity index (χ0v) is 30.6. The first-order valence-corrected chi connectivity index (χ1v) is 19.3. The van der Waals surface area contributed by atoms with E-state index in [0.29, 0.717) is 0 Å². The number of unbranched alkanes of at least 4 members (excludes halogenated alkanes) is 25. The van der Waals surface area contributed by atoms with E-state index in [1.165, 1.54) is 161 Å². The number of rotatable bonds is 30. The molecule has 0 heterocycles. The van der Waals surface area contributed by atoms with Crippen molar-refractivity contribution in [2.45, 2.75) is 174 Å². The predicted octanol–water partition coefficient (Wildman–Crippen LogP) is 14.9. The number of para-hydroxylation sites is 2. The number of aliphatic imine (C=N–C) groups is 2. The molecule has 3 heteroatoms. The summed E-state index contributed by atoms with van der Waals surface area (Å²) in [6.45, 7) is 2.30. The van der Waals surface area contributed by atoms with Crippen LogP contribution in [0.15, 0.2) is 82.8 Å². The molecule has 0 aromatic heterocycles. The van der Waals surface area contributed by atoms with E-state index in [-0.39, 0.29) is 16.5 Å². The van der Waals surface area contributed by atoms with E-state index in [2.05, 4.69) is 24.1 Å². The molecule has 0 saturated heterocycles. The van der Waals surface area contributed by atoms with E-state index >= 15 is 0 Å². The van der Waals surface area contributed by atoms with Crippen molar-refractivity contribution in [2.75, 3.05) is 0 Å². The van der Waals surface area contributed by atoms with Gasteiger partial charge in [0.1, 0.15) is 0 Å². The van der Waals surface area contributed by atoms with Crippen LogP contribution in [0.4, 0.5) is 11.4 Å². The Morgan fingerprint density at radius 1 is 0.457 bits per heavy atom. The number of nitrogens with zero attached hydrogens (tertiary/aromatic N) is 2. The van der Waals surface area contributed by atoms with Crippen molar-refractivity contribution in [3.05, 3.63) is 72.8 Å². The van der Waals surface area contributed by atoms with Gasteiger partial charge in [0.25, 0.3) is 0 Å². The quantitative estimate of drug-likeness (QED) is 0.0449. The maximum atomic E-state index is 4.79. The van der Waals surface area contributed by atoms with Crippen LogP contribution in [0.5, 0.6) is 0 Å². The van der Waals surface area contributed by atoms with Gasteiger partial charge in [-0.3, -0.25) is 4.99 Å². The Morgan fingerprint density at radius 2 is 0.804 bits per heavy atom. The Balaban J connectivity index is 0.0000106. The molecule has 2 aromatic rings. The topological polar surface area (TPSA) is 24.7 Å². The van der Waals surface area contributed by atoms with Crippen LogP contribution in [0.3, 0.4) is 0 Å². The Labute approximate surface area is 295 Å². The third-order valence-electron chi connectivity index (χ3n) is 8.88. The standard InChI is InChI=1S/C43H68N2.Ni/c1-2-3-4-5-6-7-8-9-10-11-12-13-14-15-16-17-18-19-20-21-22-23-24-25-26-27-30-39-43(45-42-37-33-29-34-38-42)40-44-41-35-31-28-32-36-41;/h28-40H,2-27H2,1H3;. The van der Waals surface area contributed by atoms with Gasteiger partial charge < -0.3 is 0 Å². The Kier molecular flexibility index (Phi) is 30.1. The average molecular weight is 672 g/mol. The van der Waals surface area contributed by atoms with E-state index in [1.54, 1.807) is 0 Å². The fourth-order valence-electron chi connectivity index (χ4n) is 6.02. The van der Waals surface area contributed by atoms with Crippen LogP contribution in [0.1, 0.15) is 174 Å². The zero-order chi connectivity index (χ0) is 31.7. The van der Waals surface area contributed by atoms with Crippen molar-refractivity contribution in [1.82, 2.24) is 0 Å². The minimum atomic E-state index is 0. The maximum Gasteiger partial charge on any atom is 0.0816 e. The Morgan fingerprint density at radius 3 is 1.20 bits per heavy atom. The molecule has 0 atom stereocenters. The van der Waals surface area contributed by atoms with Gasteiger partial charge in [0.15, 0.2) is 0 Å². The molecule has 0 amide bonds. The normalized spacial score (nSPS) is 11.9. The number of benzene rings is 2. The molecule has 2 aromatic carbocycles.